The SMILES string of the molecule is O=C(O)c1cc(F)ccc1COc1ccc(C(F)(F)F)cc1Cl. The second kappa shape index (κ2) is 6.45. The van der Waals surface area contributed by atoms with Crippen LogP contribution in [0.3, 0.4) is 0 Å². The van der Waals surface area contributed by atoms with Crippen molar-refractivity contribution in [2.75, 3.05) is 0 Å². The van der Waals surface area contributed by atoms with Gasteiger partial charge in [-0.3, -0.25) is 0 Å². The first-order valence-electron chi connectivity index (χ1n) is 6.20. The fourth-order valence-corrected chi connectivity index (χ4v) is 2.06. The van der Waals surface area contributed by atoms with Crippen LogP contribution in [-0.4, -0.2) is 11.1 Å². The Hall–Kier alpha value is -2.28. The zero-order valence-electron chi connectivity index (χ0n) is 11.3. The predicted octanol–water partition coefficient (Wildman–Crippen LogP) is 4.78. The Balaban J connectivity index is 2.20. The first-order chi connectivity index (χ1) is 10.7. The maximum Gasteiger partial charge on any atom is 0.416 e. The van der Waals surface area contributed by atoms with E-state index in [1.807, 2.05) is 0 Å². The van der Waals surface area contributed by atoms with E-state index in [0.717, 1.165) is 24.3 Å². The Morgan fingerprint density at radius 3 is 2.43 bits per heavy atom. The van der Waals surface area contributed by atoms with Gasteiger partial charge in [-0.1, -0.05) is 17.7 Å². The number of rotatable bonds is 4. The van der Waals surface area contributed by atoms with Crippen LogP contribution >= 0.6 is 11.6 Å². The van der Waals surface area contributed by atoms with Crippen LogP contribution in [0.4, 0.5) is 17.6 Å². The van der Waals surface area contributed by atoms with Gasteiger partial charge in [-0.2, -0.15) is 13.2 Å². The Morgan fingerprint density at radius 1 is 1.17 bits per heavy atom. The predicted molar refractivity (Wildman–Crippen MR) is 74.1 cm³/mol. The van der Waals surface area contributed by atoms with Crippen molar-refractivity contribution in [2.45, 2.75) is 12.8 Å². The van der Waals surface area contributed by atoms with Gasteiger partial charge in [0.15, 0.2) is 0 Å². The summed E-state index contributed by atoms with van der Waals surface area (Å²) in [6.45, 7) is -0.285. The summed E-state index contributed by atoms with van der Waals surface area (Å²) in [5, 5.41) is 8.73. The molecule has 0 bridgehead atoms. The molecular weight excluding hydrogens is 340 g/mol. The van der Waals surface area contributed by atoms with Crippen molar-refractivity contribution in [2.24, 2.45) is 0 Å². The average Bonchev–Trinajstić information content (AvgIpc) is 2.45. The van der Waals surface area contributed by atoms with E-state index < -0.39 is 23.5 Å². The molecule has 1 N–H and O–H groups in total. The lowest BCUT2D eigenvalue weighted by atomic mass is 10.1. The zero-order valence-corrected chi connectivity index (χ0v) is 12.1. The van der Waals surface area contributed by atoms with Gasteiger partial charge in [0.1, 0.15) is 18.2 Å². The van der Waals surface area contributed by atoms with Gasteiger partial charge in [0, 0.05) is 5.56 Å². The molecule has 0 aliphatic carbocycles. The van der Waals surface area contributed by atoms with Crippen molar-refractivity contribution >= 4 is 17.6 Å². The molecule has 0 heterocycles. The molecular formula is C15H9ClF4O3. The molecule has 2 rings (SSSR count). The summed E-state index contributed by atoms with van der Waals surface area (Å²) in [5.74, 6) is -2.11. The van der Waals surface area contributed by atoms with Crippen molar-refractivity contribution in [1.82, 2.24) is 0 Å². The number of alkyl halides is 3. The van der Waals surface area contributed by atoms with Gasteiger partial charge >= 0.3 is 12.1 Å². The van der Waals surface area contributed by atoms with E-state index in [9.17, 15) is 22.4 Å². The summed E-state index contributed by atoms with van der Waals surface area (Å²) in [5.41, 5.74) is -1.06. The Morgan fingerprint density at radius 2 is 1.87 bits per heavy atom. The minimum Gasteiger partial charge on any atom is -0.487 e. The summed E-state index contributed by atoms with van der Waals surface area (Å²) in [4.78, 5) is 11.0. The molecule has 0 fully saturated rings. The largest absolute Gasteiger partial charge is 0.487 e. The third kappa shape index (κ3) is 4.13. The van der Waals surface area contributed by atoms with Crippen LogP contribution in [-0.2, 0) is 12.8 Å². The second-order valence-corrected chi connectivity index (χ2v) is 4.95. The molecule has 0 atom stereocenters. The van der Waals surface area contributed by atoms with Crippen LogP contribution < -0.4 is 4.74 Å². The van der Waals surface area contributed by atoms with Gasteiger partial charge in [0.25, 0.3) is 0 Å². The van der Waals surface area contributed by atoms with Gasteiger partial charge in [-0.15, -0.1) is 0 Å². The number of carboxylic acids is 1. The number of ether oxygens (including phenoxy) is 1. The van der Waals surface area contributed by atoms with Crippen molar-refractivity contribution in [1.29, 1.82) is 0 Å². The lowest BCUT2D eigenvalue weighted by molar-refractivity contribution is -0.137. The molecule has 0 saturated carbocycles. The zero-order chi connectivity index (χ0) is 17.2. The summed E-state index contributed by atoms with van der Waals surface area (Å²) in [6.07, 6.45) is -4.53. The Kier molecular flexibility index (Phi) is 4.79. The maximum absolute atomic E-state index is 13.1. The van der Waals surface area contributed by atoms with Crippen molar-refractivity contribution in [3.8, 4) is 5.75 Å². The molecule has 0 aliphatic rings. The van der Waals surface area contributed by atoms with Crippen LogP contribution in [0.2, 0.25) is 5.02 Å². The number of hydrogen-bond acceptors (Lipinski definition) is 2. The fourth-order valence-electron chi connectivity index (χ4n) is 1.82. The Bertz CT molecular complexity index is 744. The maximum atomic E-state index is 13.1. The highest BCUT2D eigenvalue weighted by molar-refractivity contribution is 6.32. The summed E-state index contributed by atoms with van der Waals surface area (Å²) < 4.78 is 55.9. The molecule has 0 spiro atoms. The third-order valence-corrected chi connectivity index (χ3v) is 3.24. The molecule has 23 heavy (non-hydrogen) atoms. The number of carbonyl (C=O) groups is 1. The molecule has 122 valence electrons. The van der Waals surface area contributed by atoms with Crippen LogP contribution in [0.5, 0.6) is 5.75 Å². The van der Waals surface area contributed by atoms with E-state index >= 15 is 0 Å². The van der Waals surface area contributed by atoms with Gasteiger partial charge in [0.2, 0.25) is 0 Å². The number of halogens is 5. The van der Waals surface area contributed by atoms with E-state index in [0.29, 0.717) is 6.07 Å². The quantitative estimate of drug-likeness (QED) is 0.809. The molecule has 3 nitrogen and oxygen atoms in total. The van der Waals surface area contributed by atoms with Crippen LogP contribution in [0.1, 0.15) is 21.5 Å². The molecule has 0 saturated heterocycles. The first-order valence-corrected chi connectivity index (χ1v) is 6.57. The molecule has 2 aromatic carbocycles. The second-order valence-electron chi connectivity index (χ2n) is 4.54. The van der Waals surface area contributed by atoms with Gasteiger partial charge in [-0.05, 0) is 30.3 Å². The Labute approximate surface area is 133 Å². The normalized spacial score (nSPS) is 11.3. The van der Waals surface area contributed by atoms with Crippen molar-refractivity contribution < 1.29 is 32.2 Å². The summed E-state index contributed by atoms with van der Waals surface area (Å²) in [6, 6.07) is 5.64. The molecule has 0 amide bonds. The monoisotopic (exact) mass is 348 g/mol. The van der Waals surface area contributed by atoms with Crippen LogP contribution in [0.25, 0.3) is 0 Å². The van der Waals surface area contributed by atoms with E-state index in [-0.39, 0.29) is 28.5 Å². The minimum atomic E-state index is -4.53. The summed E-state index contributed by atoms with van der Waals surface area (Å²) >= 11 is 5.73. The van der Waals surface area contributed by atoms with Crippen LogP contribution in [0, 0.1) is 5.82 Å². The van der Waals surface area contributed by atoms with Gasteiger partial charge in [0.05, 0.1) is 16.1 Å². The molecule has 0 unspecified atom stereocenters. The van der Waals surface area contributed by atoms with Crippen LogP contribution in [0.15, 0.2) is 36.4 Å². The average molecular weight is 349 g/mol. The first kappa shape index (κ1) is 17.1. The number of benzene rings is 2. The highest BCUT2D eigenvalue weighted by Crippen LogP contribution is 2.35. The minimum absolute atomic E-state index is 0.0414. The van der Waals surface area contributed by atoms with Gasteiger partial charge < -0.3 is 9.84 Å². The van der Waals surface area contributed by atoms with E-state index in [4.69, 9.17) is 21.4 Å². The molecule has 0 aliphatic heterocycles. The smallest absolute Gasteiger partial charge is 0.416 e. The lowest BCUT2D eigenvalue weighted by Gasteiger charge is -2.12. The topological polar surface area (TPSA) is 46.5 Å². The third-order valence-electron chi connectivity index (χ3n) is 2.94. The lowest BCUT2D eigenvalue weighted by Crippen LogP contribution is -2.07. The van der Waals surface area contributed by atoms with Crippen molar-refractivity contribution in [3.05, 3.63) is 63.9 Å². The van der Waals surface area contributed by atoms with E-state index in [2.05, 4.69) is 0 Å². The highest BCUT2D eigenvalue weighted by Gasteiger charge is 2.31. The fraction of sp³-hybridized carbons (Fsp3) is 0.133. The van der Waals surface area contributed by atoms with E-state index in [1.165, 1.54) is 6.07 Å². The summed E-state index contributed by atoms with van der Waals surface area (Å²) in [7, 11) is 0. The van der Waals surface area contributed by atoms with E-state index in [1.54, 1.807) is 0 Å². The number of carboxylic acid groups (broad SMARTS) is 1. The highest BCUT2D eigenvalue weighted by atomic mass is 35.5. The molecule has 0 radical (unpaired) electrons. The number of hydrogen-bond donors (Lipinski definition) is 1. The molecule has 8 heteroatoms. The molecule has 0 aromatic heterocycles. The standard InChI is InChI=1S/C15H9ClF4O3/c16-12-5-9(15(18,19)20)2-4-13(12)23-7-8-1-3-10(17)6-11(8)14(21)22/h1-6H,7H2,(H,21,22). The number of aromatic carboxylic acids is 1. The van der Waals surface area contributed by atoms with Crippen molar-refractivity contribution in [3.63, 3.8) is 0 Å². The van der Waals surface area contributed by atoms with Gasteiger partial charge in [-0.25, -0.2) is 9.18 Å². The molecule has 2 aromatic rings.